The normalized spacial score (nSPS) is 11.1. The number of halogens is 3. The highest BCUT2D eigenvalue weighted by Crippen LogP contribution is 2.26. The van der Waals surface area contributed by atoms with Crippen LogP contribution in [0.4, 0.5) is 13.2 Å². The largest absolute Gasteiger partial charge is 0.310 e. The van der Waals surface area contributed by atoms with Gasteiger partial charge in [0.2, 0.25) is 0 Å². The summed E-state index contributed by atoms with van der Waals surface area (Å²) in [5.41, 5.74) is 1.56. The number of hydrogen-bond acceptors (Lipinski definition) is 1. The molecule has 2 rings (SSSR count). The van der Waals surface area contributed by atoms with Crippen LogP contribution in [-0.4, -0.2) is 6.04 Å². The van der Waals surface area contributed by atoms with Gasteiger partial charge >= 0.3 is 0 Å². The molecule has 0 fully saturated rings. The molecule has 0 spiro atoms. The van der Waals surface area contributed by atoms with Crippen LogP contribution < -0.4 is 5.32 Å². The Hall–Kier alpha value is -1.81. The first-order valence-corrected chi connectivity index (χ1v) is 6.44. The van der Waals surface area contributed by atoms with E-state index in [1.807, 2.05) is 19.9 Å². The highest BCUT2D eigenvalue weighted by atomic mass is 19.2. The van der Waals surface area contributed by atoms with E-state index in [-0.39, 0.29) is 5.56 Å². The van der Waals surface area contributed by atoms with Gasteiger partial charge in [-0.05, 0) is 23.3 Å². The van der Waals surface area contributed by atoms with Crippen molar-refractivity contribution >= 4 is 0 Å². The fraction of sp³-hybridized carbons (Fsp3) is 0.250. The third-order valence-electron chi connectivity index (χ3n) is 2.96. The van der Waals surface area contributed by atoms with Crippen molar-refractivity contribution in [2.45, 2.75) is 26.4 Å². The van der Waals surface area contributed by atoms with Crippen molar-refractivity contribution in [1.82, 2.24) is 5.32 Å². The molecule has 0 saturated carbocycles. The Balaban J connectivity index is 2.33. The number of rotatable bonds is 4. The average Bonchev–Trinajstić information content (AvgIpc) is 2.41. The summed E-state index contributed by atoms with van der Waals surface area (Å²) in [4.78, 5) is 0. The Morgan fingerprint density at radius 1 is 0.950 bits per heavy atom. The Morgan fingerprint density at radius 2 is 1.65 bits per heavy atom. The van der Waals surface area contributed by atoms with E-state index in [2.05, 4.69) is 5.32 Å². The molecule has 1 nitrogen and oxygen atoms in total. The van der Waals surface area contributed by atoms with Crippen molar-refractivity contribution in [3.05, 3.63) is 59.4 Å². The lowest BCUT2D eigenvalue weighted by Crippen LogP contribution is -2.21. The molecule has 0 aliphatic heterocycles. The summed E-state index contributed by atoms with van der Waals surface area (Å²) in [6.45, 7) is 4.69. The van der Waals surface area contributed by atoms with Gasteiger partial charge in [-0.2, -0.15) is 0 Å². The SMILES string of the molecule is CC(C)NCc1cccc(-c2cc(F)c(F)cc2F)c1. The Labute approximate surface area is 116 Å². The summed E-state index contributed by atoms with van der Waals surface area (Å²) in [6.07, 6.45) is 0. The molecule has 2 aromatic rings. The molecule has 0 amide bonds. The van der Waals surface area contributed by atoms with Crippen LogP contribution in [0, 0.1) is 17.5 Å². The van der Waals surface area contributed by atoms with Crippen LogP contribution in [0.15, 0.2) is 36.4 Å². The maximum atomic E-state index is 13.7. The topological polar surface area (TPSA) is 12.0 Å². The molecule has 2 aromatic carbocycles. The minimum atomic E-state index is -1.18. The minimum absolute atomic E-state index is 0.0651. The van der Waals surface area contributed by atoms with Crippen LogP contribution in [0.1, 0.15) is 19.4 Å². The maximum Gasteiger partial charge on any atom is 0.161 e. The summed E-state index contributed by atoms with van der Waals surface area (Å²) in [7, 11) is 0. The van der Waals surface area contributed by atoms with Gasteiger partial charge in [0.1, 0.15) is 5.82 Å². The molecule has 0 atom stereocenters. The minimum Gasteiger partial charge on any atom is -0.310 e. The van der Waals surface area contributed by atoms with Crippen molar-refractivity contribution in [3.8, 4) is 11.1 Å². The zero-order valence-corrected chi connectivity index (χ0v) is 11.4. The van der Waals surface area contributed by atoms with E-state index in [0.717, 1.165) is 11.6 Å². The average molecular weight is 279 g/mol. The summed E-state index contributed by atoms with van der Waals surface area (Å²) in [6, 6.07) is 8.91. The molecular formula is C16H16F3N. The van der Waals surface area contributed by atoms with E-state index < -0.39 is 17.5 Å². The molecule has 4 heteroatoms. The Bertz CT molecular complexity index is 609. The number of nitrogens with one attached hydrogen (secondary N) is 1. The monoisotopic (exact) mass is 279 g/mol. The van der Waals surface area contributed by atoms with E-state index in [0.29, 0.717) is 24.2 Å². The van der Waals surface area contributed by atoms with Crippen LogP contribution in [0.5, 0.6) is 0 Å². The lowest BCUT2D eigenvalue weighted by atomic mass is 10.0. The van der Waals surface area contributed by atoms with E-state index in [1.54, 1.807) is 18.2 Å². The van der Waals surface area contributed by atoms with Crippen molar-refractivity contribution in [3.63, 3.8) is 0 Å². The molecule has 0 heterocycles. The molecule has 0 aliphatic rings. The maximum absolute atomic E-state index is 13.7. The first kappa shape index (κ1) is 14.6. The predicted molar refractivity (Wildman–Crippen MR) is 73.7 cm³/mol. The number of hydrogen-bond donors (Lipinski definition) is 1. The highest BCUT2D eigenvalue weighted by Gasteiger charge is 2.11. The molecule has 0 radical (unpaired) electrons. The van der Waals surface area contributed by atoms with E-state index in [4.69, 9.17) is 0 Å². The quantitative estimate of drug-likeness (QED) is 0.824. The summed E-state index contributed by atoms with van der Waals surface area (Å²) < 4.78 is 39.9. The van der Waals surface area contributed by atoms with E-state index in [1.165, 1.54) is 0 Å². The lowest BCUT2D eigenvalue weighted by Gasteiger charge is -2.10. The third-order valence-corrected chi connectivity index (χ3v) is 2.96. The standard InChI is InChI=1S/C16H16F3N/c1-10(2)20-9-11-4-3-5-12(6-11)13-7-15(18)16(19)8-14(13)17/h3-8,10,20H,9H2,1-2H3. The fourth-order valence-corrected chi connectivity index (χ4v) is 1.91. The second kappa shape index (κ2) is 6.09. The molecule has 0 aliphatic carbocycles. The van der Waals surface area contributed by atoms with Crippen LogP contribution in [0.2, 0.25) is 0 Å². The van der Waals surface area contributed by atoms with Gasteiger partial charge in [-0.15, -0.1) is 0 Å². The van der Waals surface area contributed by atoms with Crippen LogP contribution in [0.3, 0.4) is 0 Å². The Morgan fingerprint density at radius 3 is 2.35 bits per heavy atom. The smallest absolute Gasteiger partial charge is 0.161 e. The Kier molecular flexibility index (Phi) is 4.45. The molecule has 20 heavy (non-hydrogen) atoms. The summed E-state index contributed by atoms with van der Waals surface area (Å²) in [5, 5.41) is 3.25. The van der Waals surface area contributed by atoms with Gasteiger partial charge in [-0.25, -0.2) is 13.2 Å². The third kappa shape index (κ3) is 3.39. The fourth-order valence-electron chi connectivity index (χ4n) is 1.91. The molecule has 1 N–H and O–H groups in total. The van der Waals surface area contributed by atoms with Crippen molar-refractivity contribution < 1.29 is 13.2 Å². The van der Waals surface area contributed by atoms with Gasteiger partial charge < -0.3 is 5.32 Å². The van der Waals surface area contributed by atoms with Crippen LogP contribution >= 0.6 is 0 Å². The lowest BCUT2D eigenvalue weighted by molar-refractivity contribution is 0.496. The molecule has 0 aromatic heterocycles. The van der Waals surface area contributed by atoms with Gasteiger partial charge in [-0.1, -0.05) is 32.0 Å². The second-order valence-electron chi connectivity index (χ2n) is 4.98. The molecule has 106 valence electrons. The molecule has 0 saturated heterocycles. The summed E-state index contributed by atoms with van der Waals surface area (Å²) in [5.74, 6) is -2.99. The molecule has 0 unspecified atom stereocenters. The van der Waals surface area contributed by atoms with E-state index >= 15 is 0 Å². The first-order valence-electron chi connectivity index (χ1n) is 6.44. The zero-order chi connectivity index (χ0) is 14.7. The highest BCUT2D eigenvalue weighted by molar-refractivity contribution is 5.65. The molecule has 0 bridgehead atoms. The molecular weight excluding hydrogens is 263 g/mol. The van der Waals surface area contributed by atoms with Crippen molar-refractivity contribution in [2.24, 2.45) is 0 Å². The van der Waals surface area contributed by atoms with Crippen LogP contribution in [-0.2, 0) is 6.54 Å². The predicted octanol–water partition coefficient (Wildman–Crippen LogP) is 4.27. The van der Waals surface area contributed by atoms with Gasteiger partial charge in [-0.3, -0.25) is 0 Å². The van der Waals surface area contributed by atoms with Gasteiger partial charge in [0.05, 0.1) is 0 Å². The summed E-state index contributed by atoms with van der Waals surface area (Å²) >= 11 is 0. The van der Waals surface area contributed by atoms with Gasteiger partial charge in [0, 0.05) is 24.2 Å². The van der Waals surface area contributed by atoms with E-state index in [9.17, 15) is 13.2 Å². The van der Waals surface area contributed by atoms with Gasteiger partial charge in [0.15, 0.2) is 11.6 Å². The van der Waals surface area contributed by atoms with Crippen molar-refractivity contribution in [2.75, 3.05) is 0 Å². The van der Waals surface area contributed by atoms with Crippen LogP contribution in [0.25, 0.3) is 11.1 Å². The zero-order valence-electron chi connectivity index (χ0n) is 11.4. The van der Waals surface area contributed by atoms with Gasteiger partial charge in [0.25, 0.3) is 0 Å². The first-order chi connectivity index (χ1) is 9.47. The number of benzene rings is 2. The second-order valence-corrected chi connectivity index (χ2v) is 4.98. The van der Waals surface area contributed by atoms with Crippen molar-refractivity contribution in [1.29, 1.82) is 0 Å².